The largest absolute Gasteiger partial charge is 0.497 e. The lowest BCUT2D eigenvalue weighted by molar-refractivity contribution is -0.111. The maximum atomic E-state index is 13.1. The highest BCUT2D eigenvalue weighted by Crippen LogP contribution is 2.29. The van der Waals surface area contributed by atoms with Gasteiger partial charge in [-0.3, -0.25) is 4.79 Å². The van der Waals surface area contributed by atoms with Crippen molar-refractivity contribution in [3.05, 3.63) is 48.0 Å². The summed E-state index contributed by atoms with van der Waals surface area (Å²) in [4.78, 5) is 12.4. The van der Waals surface area contributed by atoms with Gasteiger partial charge in [-0.25, -0.2) is 8.42 Å². The van der Waals surface area contributed by atoms with E-state index < -0.39 is 15.9 Å². The Morgan fingerprint density at radius 2 is 1.66 bits per heavy atom. The molecule has 0 aromatic heterocycles. The molecule has 1 aliphatic heterocycles. The molecular weight excluding hydrogens is 436 g/mol. The summed E-state index contributed by atoms with van der Waals surface area (Å²) in [5, 5.41) is 2.73. The summed E-state index contributed by atoms with van der Waals surface area (Å²) in [5.41, 5.74) is 1.04. The second kappa shape index (κ2) is 10.5. The summed E-state index contributed by atoms with van der Waals surface area (Å²) in [6.07, 6.45) is 2.85. The van der Waals surface area contributed by atoms with Crippen molar-refractivity contribution in [2.24, 2.45) is 0 Å². The van der Waals surface area contributed by atoms with Gasteiger partial charge >= 0.3 is 0 Å². The molecule has 9 nitrogen and oxygen atoms in total. The molecule has 1 N–H and O–H groups in total. The zero-order valence-electron chi connectivity index (χ0n) is 18.2. The molecule has 1 heterocycles. The van der Waals surface area contributed by atoms with E-state index in [0.29, 0.717) is 36.0 Å². The minimum Gasteiger partial charge on any atom is -0.497 e. The predicted octanol–water partition coefficient (Wildman–Crippen LogP) is 2.39. The number of methoxy groups -OCH3 is 3. The van der Waals surface area contributed by atoms with Crippen LogP contribution in [0.3, 0.4) is 0 Å². The number of carbonyl (C=O) groups is 1. The normalized spacial score (nSPS) is 14.8. The van der Waals surface area contributed by atoms with Gasteiger partial charge in [0.1, 0.15) is 22.1 Å². The average molecular weight is 463 g/mol. The van der Waals surface area contributed by atoms with Crippen molar-refractivity contribution in [1.29, 1.82) is 0 Å². The van der Waals surface area contributed by atoms with Crippen molar-refractivity contribution in [3.63, 3.8) is 0 Å². The summed E-state index contributed by atoms with van der Waals surface area (Å²) in [5.74, 6) is 0.920. The van der Waals surface area contributed by atoms with E-state index in [2.05, 4.69) is 5.32 Å². The smallest absolute Gasteiger partial charge is 0.248 e. The first-order chi connectivity index (χ1) is 15.4. The topological polar surface area (TPSA) is 103 Å². The molecular formula is C22H26N2O7S. The second-order valence-corrected chi connectivity index (χ2v) is 8.76. The minimum atomic E-state index is -3.76. The summed E-state index contributed by atoms with van der Waals surface area (Å²) in [7, 11) is 0.693. The Morgan fingerprint density at radius 3 is 2.25 bits per heavy atom. The number of carbonyl (C=O) groups excluding carboxylic acids is 1. The van der Waals surface area contributed by atoms with E-state index in [0.717, 1.165) is 0 Å². The van der Waals surface area contributed by atoms with Gasteiger partial charge < -0.3 is 24.3 Å². The van der Waals surface area contributed by atoms with Crippen LogP contribution >= 0.6 is 0 Å². The van der Waals surface area contributed by atoms with Crippen LogP contribution in [0.15, 0.2) is 47.4 Å². The standard InChI is InChI=1S/C22H26N2O7S/c1-28-18-13-17(14-19(15-18)29-2)23-22(25)7-5-16-4-6-20(30-3)21(12-16)32(26,27)24-8-10-31-11-9-24/h4-7,12-15H,8-11H2,1-3H3,(H,23,25)/b7-5+. The van der Waals surface area contributed by atoms with Crippen LogP contribution in [0.1, 0.15) is 5.56 Å². The van der Waals surface area contributed by atoms with E-state index in [4.69, 9.17) is 18.9 Å². The van der Waals surface area contributed by atoms with Crippen molar-refractivity contribution < 1.29 is 32.2 Å². The molecule has 0 atom stereocenters. The molecule has 0 radical (unpaired) electrons. The molecule has 0 unspecified atom stereocenters. The highest BCUT2D eigenvalue weighted by Gasteiger charge is 2.29. The molecule has 0 bridgehead atoms. The van der Waals surface area contributed by atoms with E-state index in [9.17, 15) is 13.2 Å². The molecule has 10 heteroatoms. The number of rotatable bonds is 8. The molecule has 0 aliphatic carbocycles. The van der Waals surface area contributed by atoms with Gasteiger partial charge in [0, 0.05) is 43.1 Å². The van der Waals surface area contributed by atoms with Crippen LogP contribution in [0, 0.1) is 0 Å². The van der Waals surface area contributed by atoms with Gasteiger partial charge in [0.2, 0.25) is 15.9 Å². The zero-order chi connectivity index (χ0) is 23.1. The lowest BCUT2D eigenvalue weighted by atomic mass is 10.2. The molecule has 0 saturated carbocycles. The Hall–Kier alpha value is -3.08. The van der Waals surface area contributed by atoms with Gasteiger partial charge in [0.25, 0.3) is 0 Å². The molecule has 1 amide bonds. The third-order valence-corrected chi connectivity index (χ3v) is 6.74. The number of benzene rings is 2. The van der Waals surface area contributed by atoms with Crippen LogP contribution in [-0.4, -0.2) is 66.3 Å². The highest BCUT2D eigenvalue weighted by atomic mass is 32.2. The van der Waals surface area contributed by atoms with E-state index in [1.54, 1.807) is 30.3 Å². The monoisotopic (exact) mass is 462 g/mol. The van der Waals surface area contributed by atoms with Crippen molar-refractivity contribution >= 4 is 27.7 Å². The molecule has 1 saturated heterocycles. The van der Waals surface area contributed by atoms with Crippen LogP contribution in [-0.2, 0) is 19.6 Å². The number of nitrogens with zero attached hydrogens (tertiary/aromatic N) is 1. The van der Waals surface area contributed by atoms with E-state index >= 15 is 0 Å². The molecule has 172 valence electrons. The number of anilines is 1. The predicted molar refractivity (Wildman–Crippen MR) is 120 cm³/mol. The molecule has 32 heavy (non-hydrogen) atoms. The number of nitrogens with one attached hydrogen (secondary N) is 1. The van der Waals surface area contributed by atoms with Crippen LogP contribution < -0.4 is 19.5 Å². The fraction of sp³-hybridized carbons (Fsp3) is 0.318. The number of hydrogen-bond donors (Lipinski definition) is 1. The quantitative estimate of drug-likeness (QED) is 0.601. The molecule has 2 aromatic rings. The fourth-order valence-electron chi connectivity index (χ4n) is 3.16. The third kappa shape index (κ3) is 5.58. The van der Waals surface area contributed by atoms with E-state index in [-0.39, 0.29) is 23.7 Å². The van der Waals surface area contributed by atoms with Crippen molar-refractivity contribution in [2.75, 3.05) is 52.9 Å². The summed E-state index contributed by atoms with van der Waals surface area (Å²) in [6, 6.07) is 9.75. The van der Waals surface area contributed by atoms with Gasteiger partial charge in [0.05, 0.1) is 34.5 Å². The van der Waals surface area contributed by atoms with Crippen LogP contribution in [0.4, 0.5) is 5.69 Å². The second-order valence-electron chi connectivity index (χ2n) is 6.85. The third-order valence-electron chi connectivity index (χ3n) is 4.82. The van der Waals surface area contributed by atoms with Crippen LogP contribution in [0.5, 0.6) is 17.2 Å². The first kappa shape index (κ1) is 23.6. The van der Waals surface area contributed by atoms with Gasteiger partial charge in [-0.2, -0.15) is 4.31 Å². The summed E-state index contributed by atoms with van der Waals surface area (Å²) < 4.78 is 48.4. The van der Waals surface area contributed by atoms with Gasteiger partial charge in [-0.15, -0.1) is 0 Å². The molecule has 3 rings (SSSR count). The fourth-order valence-corrected chi connectivity index (χ4v) is 4.76. The molecule has 0 spiro atoms. The van der Waals surface area contributed by atoms with Gasteiger partial charge in [-0.05, 0) is 23.8 Å². The highest BCUT2D eigenvalue weighted by molar-refractivity contribution is 7.89. The van der Waals surface area contributed by atoms with E-state index in [1.165, 1.54) is 43.9 Å². The zero-order valence-corrected chi connectivity index (χ0v) is 19.0. The Bertz CT molecular complexity index is 1070. The number of amides is 1. The molecule has 1 fully saturated rings. The lowest BCUT2D eigenvalue weighted by Gasteiger charge is -2.26. The number of morpholine rings is 1. The summed E-state index contributed by atoms with van der Waals surface area (Å²) in [6.45, 7) is 1.24. The van der Waals surface area contributed by atoms with E-state index in [1.807, 2.05) is 0 Å². The van der Waals surface area contributed by atoms with Crippen molar-refractivity contribution in [1.82, 2.24) is 4.31 Å². The lowest BCUT2D eigenvalue weighted by Crippen LogP contribution is -2.40. The maximum absolute atomic E-state index is 13.1. The summed E-state index contributed by atoms with van der Waals surface area (Å²) >= 11 is 0. The maximum Gasteiger partial charge on any atom is 0.248 e. The Balaban J connectivity index is 1.80. The first-order valence-electron chi connectivity index (χ1n) is 9.85. The Kier molecular flexibility index (Phi) is 7.73. The first-order valence-corrected chi connectivity index (χ1v) is 11.3. The molecule has 2 aromatic carbocycles. The SMILES string of the molecule is COc1cc(NC(=O)/C=C/c2ccc(OC)c(S(=O)(=O)N3CCOCC3)c2)cc(OC)c1. The van der Waals surface area contributed by atoms with Crippen molar-refractivity contribution in [3.8, 4) is 17.2 Å². The number of sulfonamides is 1. The minimum absolute atomic E-state index is 0.0435. The average Bonchev–Trinajstić information content (AvgIpc) is 2.82. The number of hydrogen-bond acceptors (Lipinski definition) is 7. The Morgan fingerprint density at radius 1 is 1.00 bits per heavy atom. The molecule has 1 aliphatic rings. The van der Waals surface area contributed by atoms with Crippen molar-refractivity contribution in [2.45, 2.75) is 4.90 Å². The van der Waals surface area contributed by atoms with Crippen LogP contribution in [0.25, 0.3) is 6.08 Å². The van der Waals surface area contributed by atoms with Crippen LogP contribution in [0.2, 0.25) is 0 Å². The Labute approximate surface area is 187 Å². The van der Waals surface area contributed by atoms with Gasteiger partial charge in [-0.1, -0.05) is 6.07 Å². The number of ether oxygens (including phenoxy) is 4. The van der Waals surface area contributed by atoms with Gasteiger partial charge in [0.15, 0.2) is 0 Å².